The fourth-order valence-electron chi connectivity index (χ4n) is 3.14. The summed E-state index contributed by atoms with van der Waals surface area (Å²) in [6, 6.07) is 9.99. The first kappa shape index (κ1) is 20.1. The standard InChI is InChI=1S/C19H18ClN3O4S2/c20-15-4-1-2-6-17(15)29(25,26)23-9-7-22(8-10-23)18(24)12-14-13-28-19(21-14)16-5-3-11-27-16/h1-6,11,13H,7-10,12H2. The number of piperazine rings is 1. The van der Waals surface area contributed by atoms with Crippen LogP contribution < -0.4 is 0 Å². The van der Waals surface area contributed by atoms with Crippen molar-refractivity contribution in [3.05, 3.63) is 58.8 Å². The summed E-state index contributed by atoms with van der Waals surface area (Å²) in [4.78, 5) is 18.8. The summed E-state index contributed by atoms with van der Waals surface area (Å²) in [5.41, 5.74) is 0.678. The van der Waals surface area contributed by atoms with Crippen LogP contribution in [0.1, 0.15) is 5.69 Å². The summed E-state index contributed by atoms with van der Waals surface area (Å²) in [7, 11) is -3.68. The summed E-state index contributed by atoms with van der Waals surface area (Å²) in [5.74, 6) is 0.600. The second kappa shape index (κ2) is 8.27. The number of rotatable bonds is 5. The first-order valence-electron chi connectivity index (χ1n) is 8.96. The van der Waals surface area contributed by atoms with Gasteiger partial charge in [0.25, 0.3) is 0 Å². The molecule has 0 atom stereocenters. The van der Waals surface area contributed by atoms with Gasteiger partial charge in [0.1, 0.15) is 4.90 Å². The monoisotopic (exact) mass is 451 g/mol. The molecule has 0 bridgehead atoms. The lowest BCUT2D eigenvalue weighted by Crippen LogP contribution is -2.50. The molecule has 0 N–H and O–H groups in total. The SMILES string of the molecule is O=C(Cc1csc(-c2ccco2)n1)N1CCN(S(=O)(=O)c2ccccc2Cl)CC1. The van der Waals surface area contributed by atoms with Gasteiger partial charge in [0.2, 0.25) is 15.9 Å². The average Bonchev–Trinajstić information content (AvgIpc) is 3.40. The van der Waals surface area contributed by atoms with Crippen LogP contribution in [0.4, 0.5) is 0 Å². The van der Waals surface area contributed by atoms with Gasteiger partial charge in [-0.2, -0.15) is 4.31 Å². The number of aromatic nitrogens is 1. The Hall–Kier alpha value is -2.20. The molecule has 1 amide bonds. The van der Waals surface area contributed by atoms with Gasteiger partial charge in [-0.15, -0.1) is 11.3 Å². The van der Waals surface area contributed by atoms with Crippen LogP contribution in [-0.4, -0.2) is 54.7 Å². The highest BCUT2D eigenvalue weighted by Crippen LogP contribution is 2.26. The molecule has 3 heterocycles. The van der Waals surface area contributed by atoms with Crippen LogP contribution in [0.2, 0.25) is 5.02 Å². The molecule has 4 rings (SSSR count). The third kappa shape index (κ3) is 4.23. The van der Waals surface area contributed by atoms with E-state index in [9.17, 15) is 13.2 Å². The summed E-state index contributed by atoms with van der Waals surface area (Å²) >= 11 is 7.48. The normalized spacial score (nSPS) is 15.6. The van der Waals surface area contributed by atoms with E-state index >= 15 is 0 Å². The van der Waals surface area contributed by atoms with Crippen molar-refractivity contribution in [3.8, 4) is 10.8 Å². The third-order valence-corrected chi connectivity index (χ3v) is 7.97. The maximum Gasteiger partial charge on any atom is 0.244 e. The van der Waals surface area contributed by atoms with E-state index in [4.69, 9.17) is 16.0 Å². The molecule has 0 unspecified atom stereocenters. The minimum absolute atomic E-state index is 0.0731. The van der Waals surface area contributed by atoms with E-state index in [1.54, 1.807) is 35.4 Å². The van der Waals surface area contributed by atoms with Gasteiger partial charge < -0.3 is 9.32 Å². The van der Waals surface area contributed by atoms with E-state index in [2.05, 4.69) is 4.98 Å². The van der Waals surface area contributed by atoms with Crippen LogP contribution in [-0.2, 0) is 21.2 Å². The molecule has 29 heavy (non-hydrogen) atoms. The van der Waals surface area contributed by atoms with Crippen LogP contribution in [0.3, 0.4) is 0 Å². The van der Waals surface area contributed by atoms with E-state index in [0.717, 1.165) is 5.01 Å². The Morgan fingerprint density at radius 2 is 1.90 bits per heavy atom. The van der Waals surface area contributed by atoms with Crippen molar-refractivity contribution in [1.29, 1.82) is 0 Å². The lowest BCUT2D eigenvalue weighted by atomic mass is 10.2. The maximum atomic E-state index is 12.8. The second-order valence-corrected chi connectivity index (χ2v) is 9.69. The summed E-state index contributed by atoms with van der Waals surface area (Å²) in [6.45, 7) is 1.12. The lowest BCUT2D eigenvalue weighted by molar-refractivity contribution is -0.131. The van der Waals surface area contributed by atoms with Gasteiger partial charge in [0.05, 0.1) is 23.4 Å². The topological polar surface area (TPSA) is 83.7 Å². The smallest absolute Gasteiger partial charge is 0.244 e. The fourth-order valence-corrected chi connectivity index (χ4v) is 5.84. The lowest BCUT2D eigenvalue weighted by Gasteiger charge is -2.34. The number of hydrogen-bond donors (Lipinski definition) is 0. The summed E-state index contributed by atoms with van der Waals surface area (Å²) in [6.07, 6.45) is 1.76. The predicted molar refractivity (Wildman–Crippen MR) is 110 cm³/mol. The zero-order chi connectivity index (χ0) is 20.4. The number of thiazole rings is 1. The molecule has 1 aliphatic heterocycles. The molecule has 1 aromatic carbocycles. The van der Waals surface area contributed by atoms with Gasteiger partial charge in [0.15, 0.2) is 10.8 Å². The minimum atomic E-state index is -3.68. The Morgan fingerprint density at radius 1 is 1.14 bits per heavy atom. The Balaban J connectivity index is 1.37. The number of sulfonamides is 1. The highest BCUT2D eigenvalue weighted by Gasteiger charge is 2.31. The molecule has 152 valence electrons. The highest BCUT2D eigenvalue weighted by molar-refractivity contribution is 7.89. The molecule has 0 radical (unpaired) electrons. The van der Waals surface area contributed by atoms with Gasteiger partial charge in [-0.1, -0.05) is 23.7 Å². The van der Waals surface area contributed by atoms with E-state index in [1.807, 2.05) is 11.4 Å². The number of hydrogen-bond acceptors (Lipinski definition) is 6. The summed E-state index contributed by atoms with van der Waals surface area (Å²) in [5, 5.41) is 2.77. The number of carbonyl (C=O) groups excluding carboxylic acids is 1. The van der Waals surface area contributed by atoms with Crippen molar-refractivity contribution in [2.45, 2.75) is 11.3 Å². The van der Waals surface area contributed by atoms with Crippen LogP contribution in [0.5, 0.6) is 0 Å². The largest absolute Gasteiger partial charge is 0.462 e. The molecular weight excluding hydrogens is 434 g/mol. The number of furan rings is 1. The van der Waals surface area contributed by atoms with Gasteiger partial charge in [-0.05, 0) is 24.3 Å². The zero-order valence-corrected chi connectivity index (χ0v) is 17.7. The Labute approximate surface area is 177 Å². The molecule has 1 saturated heterocycles. The minimum Gasteiger partial charge on any atom is -0.462 e. The van der Waals surface area contributed by atoms with E-state index in [1.165, 1.54) is 21.7 Å². The van der Waals surface area contributed by atoms with Gasteiger partial charge in [-0.25, -0.2) is 13.4 Å². The molecule has 7 nitrogen and oxygen atoms in total. The van der Waals surface area contributed by atoms with Crippen molar-refractivity contribution in [2.75, 3.05) is 26.2 Å². The average molecular weight is 452 g/mol. The number of halogens is 1. The van der Waals surface area contributed by atoms with Crippen LogP contribution in [0, 0.1) is 0 Å². The van der Waals surface area contributed by atoms with Crippen molar-refractivity contribution in [2.24, 2.45) is 0 Å². The molecule has 1 fully saturated rings. The van der Waals surface area contributed by atoms with E-state index < -0.39 is 10.0 Å². The molecule has 1 aliphatic rings. The van der Waals surface area contributed by atoms with Crippen LogP contribution >= 0.6 is 22.9 Å². The fraction of sp³-hybridized carbons (Fsp3) is 0.263. The molecule has 0 spiro atoms. The van der Waals surface area contributed by atoms with Crippen molar-refractivity contribution in [1.82, 2.24) is 14.2 Å². The predicted octanol–water partition coefficient (Wildman–Crippen LogP) is 3.13. The Kier molecular flexibility index (Phi) is 5.73. The quantitative estimate of drug-likeness (QED) is 0.595. The van der Waals surface area contributed by atoms with E-state index in [-0.39, 0.29) is 35.3 Å². The first-order chi connectivity index (χ1) is 13.9. The van der Waals surface area contributed by atoms with Crippen molar-refractivity contribution in [3.63, 3.8) is 0 Å². The third-order valence-electron chi connectivity index (χ3n) is 4.66. The number of nitrogens with zero attached hydrogens (tertiary/aromatic N) is 3. The molecule has 10 heteroatoms. The molecule has 2 aromatic heterocycles. The molecular formula is C19H18ClN3O4S2. The number of amides is 1. The van der Waals surface area contributed by atoms with Crippen LogP contribution in [0.15, 0.2) is 57.4 Å². The summed E-state index contributed by atoms with van der Waals surface area (Å²) < 4.78 is 32.3. The number of benzene rings is 1. The Bertz CT molecular complexity index is 1100. The highest BCUT2D eigenvalue weighted by atomic mass is 35.5. The molecule has 0 aliphatic carbocycles. The van der Waals surface area contributed by atoms with Crippen molar-refractivity contribution >= 4 is 38.9 Å². The number of carbonyl (C=O) groups is 1. The van der Waals surface area contributed by atoms with E-state index in [0.29, 0.717) is 24.5 Å². The van der Waals surface area contributed by atoms with Crippen LogP contribution in [0.25, 0.3) is 10.8 Å². The maximum absolute atomic E-state index is 12.8. The Morgan fingerprint density at radius 3 is 2.59 bits per heavy atom. The zero-order valence-electron chi connectivity index (χ0n) is 15.3. The first-order valence-corrected chi connectivity index (χ1v) is 11.7. The van der Waals surface area contributed by atoms with Gasteiger partial charge in [-0.3, -0.25) is 4.79 Å². The van der Waals surface area contributed by atoms with Gasteiger partial charge >= 0.3 is 0 Å². The second-order valence-electron chi connectivity index (χ2n) is 6.51. The molecule has 0 saturated carbocycles. The molecule has 3 aromatic rings. The van der Waals surface area contributed by atoms with Crippen molar-refractivity contribution < 1.29 is 17.6 Å². The van der Waals surface area contributed by atoms with Gasteiger partial charge in [0, 0.05) is 31.6 Å².